The number of rotatable bonds is 11. The number of ketones is 1. The van der Waals surface area contributed by atoms with Gasteiger partial charge in [-0.3, -0.25) is 24.5 Å². The zero-order chi connectivity index (χ0) is 29.4. The Kier molecular flexibility index (Phi) is 9.39. The lowest BCUT2D eigenvalue weighted by Gasteiger charge is -2.10. The van der Waals surface area contributed by atoms with E-state index >= 15 is 0 Å². The number of nitro groups is 1. The Morgan fingerprint density at radius 3 is 2.32 bits per heavy atom. The summed E-state index contributed by atoms with van der Waals surface area (Å²) >= 11 is 5.92. The van der Waals surface area contributed by atoms with Crippen LogP contribution in [0.25, 0.3) is 10.8 Å². The highest BCUT2D eigenvalue weighted by Gasteiger charge is 2.16. The van der Waals surface area contributed by atoms with Crippen LogP contribution in [0.4, 0.5) is 11.4 Å². The van der Waals surface area contributed by atoms with Crippen molar-refractivity contribution in [3.05, 3.63) is 111 Å². The summed E-state index contributed by atoms with van der Waals surface area (Å²) in [5.74, 6) is -1.51. The minimum absolute atomic E-state index is 0.0205. The Morgan fingerprint density at radius 1 is 0.902 bits per heavy atom. The topological polar surface area (TPSA) is 151 Å². The lowest BCUT2D eigenvalue weighted by molar-refractivity contribution is -0.384. The number of Topliss-reactive ketones (excluding diaryl/α,β-unsaturated/α-hetero) is 1. The summed E-state index contributed by atoms with van der Waals surface area (Å²) in [5.41, 5.74) is 3.31. The van der Waals surface area contributed by atoms with Crippen LogP contribution in [0, 0.1) is 10.1 Å². The van der Waals surface area contributed by atoms with Gasteiger partial charge in [-0.2, -0.15) is 5.10 Å². The summed E-state index contributed by atoms with van der Waals surface area (Å²) in [7, 11) is 0. The molecule has 0 aromatic heterocycles. The smallest absolute Gasteiger partial charge is 0.275 e. The maximum absolute atomic E-state index is 12.9. The molecule has 0 atom stereocenters. The third kappa shape index (κ3) is 7.96. The third-order valence-electron chi connectivity index (χ3n) is 6.16. The number of halogens is 1. The van der Waals surface area contributed by atoms with E-state index in [1.165, 1.54) is 24.3 Å². The highest BCUT2D eigenvalue weighted by molar-refractivity contribution is 6.30. The molecule has 0 saturated heterocycles. The maximum Gasteiger partial charge on any atom is 0.275 e. The summed E-state index contributed by atoms with van der Waals surface area (Å²) in [4.78, 5) is 48.6. The van der Waals surface area contributed by atoms with Gasteiger partial charge >= 0.3 is 0 Å². The zero-order valence-electron chi connectivity index (χ0n) is 21.7. The van der Waals surface area contributed by atoms with Crippen molar-refractivity contribution in [2.24, 2.45) is 5.10 Å². The van der Waals surface area contributed by atoms with E-state index in [2.05, 4.69) is 15.8 Å². The number of hydrogen-bond acceptors (Lipinski definition) is 7. The van der Waals surface area contributed by atoms with E-state index in [1.54, 1.807) is 36.4 Å². The van der Waals surface area contributed by atoms with Crippen molar-refractivity contribution in [2.75, 3.05) is 5.32 Å². The Morgan fingerprint density at radius 2 is 1.61 bits per heavy atom. The first kappa shape index (κ1) is 28.9. The van der Waals surface area contributed by atoms with E-state index in [0.29, 0.717) is 22.0 Å². The molecule has 11 heteroatoms. The van der Waals surface area contributed by atoms with Crippen molar-refractivity contribution in [3.63, 3.8) is 0 Å². The van der Waals surface area contributed by atoms with Crippen LogP contribution in [-0.2, 0) is 4.79 Å². The van der Waals surface area contributed by atoms with Gasteiger partial charge in [0.05, 0.1) is 16.9 Å². The third-order valence-corrected chi connectivity index (χ3v) is 6.42. The monoisotopic (exact) mass is 572 g/mol. The van der Waals surface area contributed by atoms with Crippen LogP contribution in [0.1, 0.15) is 46.4 Å². The summed E-state index contributed by atoms with van der Waals surface area (Å²) in [6, 6.07) is 22.2. The second-order valence-electron chi connectivity index (χ2n) is 9.15. The summed E-state index contributed by atoms with van der Waals surface area (Å²) in [6.45, 7) is 0. The molecule has 0 saturated carbocycles. The van der Waals surface area contributed by atoms with Crippen molar-refractivity contribution in [2.45, 2.75) is 25.7 Å². The number of nitrogens with one attached hydrogen (secondary N) is 2. The molecule has 2 amide bonds. The molecule has 0 radical (unpaired) electrons. The number of fused-ring (bicyclic) bond motifs is 1. The van der Waals surface area contributed by atoms with E-state index in [-0.39, 0.29) is 54.4 Å². The molecule has 0 aliphatic heterocycles. The quantitative estimate of drug-likeness (QED) is 0.0833. The number of carbonyl (C=O) groups excluding carboxylic acids is 3. The number of non-ortho nitro benzene ring substituents is 1. The zero-order valence-corrected chi connectivity index (χ0v) is 22.4. The normalized spacial score (nSPS) is 11.2. The molecule has 41 heavy (non-hydrogen) atoms. The Bertz CT molecular complexity index is 1650. The molecular formula is C30H25ClN4O6. The van der Waals surface area contributed by atoms with Crippen LogP contribution >= 0.6 is 11.6 Å². The first-order chi connectivity index (χ1) is 19.7. The number of nitro benzene ring substituents is 1. The van der Waals surface area contributed by atoms with Crippen LogP contribution in [0.5, 0.6) is 5.75 Å². The standard InChI is InChI=1S/C30H25ClN4O6/c31-22-13-11-19(12-14-22)27(36)18-24(8-4-10-29(38)32-23-7-3-9-25(17-23)35(40)41)33-34-30(39)26-15-20-5-1-2-6-21(20)16-28(26)37/h1-3,5-7,9,11-17,37H,4,8,10,18H2,(H,32,38)(H,34,39)/b33-24+. The number of phenols is 1. The summed E-state index contributed by atoms with van der Waals surface area (Å²) < 4.78 is 0. The largest absolute Gasteiger partial charge is 0.507 e. The molecule has 4 aromatic rings. The van der Waals surface area contributed by atoms with E-state index in [1.807, 2.05) is 24.3 Å². The van der Waals surface area contributed by atoms with Crippen LogP contribution in [0.3, 0.4) is 0 Å². The van der Waals surface area contributed by atoms with Gasteiger partial charge in [0.1, 0.15) is 5.75 Å². The number of hydrazone groups is 1. The van der Waals surface area contributed by atoms with Gasteiger partial charge in [-0.25, -0.2) is 5.43 Å². The molecule has 0 bridgehead atoms. The number of amides is 2. The molecule has 4 aromatic carbocycles. The summed E-state index contributed by atoms with van der Waals surface area (Å²) in [6.07, 6.45) is 0.393. The van der Waals surface area contributed by atoms with E-state index in [0.717, 1.165) is 10.8 Å². The fourth-order valence-electron chi connectivity index (χ4n) is 4.08. The van der Waals surface area contributed by atoms with Gasteiger partial charge in [0, 0.05) is 40.5 Å². The number of benzene rings is 4. The van der Waals surface area contributed by atoms with E-state index < -0.39 is 10.8 Å². The second-order valence-corrected chi connectivity index (χ2v) is 9.59. The van der Waals surface area contributed by atoms with Gasteiger partial charge in [0.15, 0.2) is 5.78 Å². The van der Waals surface area contributed by atoms with Crippen LogP contribution in [0.15, 0.2) is 90.0 Å². The number of anilines is 1. The van der Waals surface area contributed by atoms with Crippen LogP contribution < -0.4 is 10.7 Å². The predicted molar refractivity (Wildman–Crippen MR) is 156 cm³/mol. The lowest BCUT2D eigenvalue weighted by Crippen LogP contribution is -2.21. The highest BCUT2D eigenvalue weighted by atomic mass is 35.5. The Labute approximate surface area is 239 Å². The van der Waals surface area contributed by atoms with Gasteiger partial charge in [-0.1, -0.05) is 41.9 Å². The van der Waals surface area contributed by atoms with Gasteiger partial charge in [0.25, 0.3) is 11.6 Å². The van der Waals surface area contributed by atoms with Crippen LogP contribution in [-0.4, -0.2) is 33.3 Å². The maximum atomic E-state index is 12.9. The van der Waals surface area contributed by atoms with Crippen molar-refractivity contribution < 1.29 is 24.4 Å². The minimum Gasteiger partial charge on any atom is -0.507 e. The molecule has 0 heterocycles. The SMILES string of the molecule is O=C(CCC/C(CC(=O)c1ccc(Cl)cc1)=N\NC(=O)c1cc2ccccc2cc1O)Nc1cccc([N+](=O)[O-])c1. The minimum atomic E-state index is -0.659. The van der Waals surface area contributed by atoms with Gasteiger partial charge < -0.3 is 10.4 Å². The van der Waals surface area contributed by atoms with Crippen molar-refractivity contribution in [1.29, 1.82) is 0 Å². The lowest BCUT2D eigenvalue weighted by atomic mass is 10.0. The summed E-state index contributed by atoms with van der Waals surface area (Å²) in [5, 5.41) is 30.1. The van der Waals surface area contributed by atoms with Gasteiger partial charge in [-0.05, 0) is 66.1 Å². The molecule has 4 rings (SSSR count). The molecule has 0 aliphatic carbocycles. The first-order valence-corrected chi connectivity index (χ1v) is 13.0. The Balaban J connectivity index is 1.45. The van der Waals surface area contributed by atoms with Gasteiger partial charge in [0.2, 0.25) is 5.91 Å². The van der Waals surface area contributed by atoms with Gasteiger partial charge in [-0.15, -0.1) is 0 Å². The molecule has 3 N–H and O–H groups in total. The van der Waals surface area contributed by atoms with E-state index in [9.17, 15) is 29.6 Å². The van der Waals surface area contributed by atoms with Crippen molar-refractivity contribution in [3.8, 4) is 5.75 Å². The number of phenolic OH excluding ortho intramolecular Hbond substituents is 1. The average Bonchev–Trinajstić information content (AvgIpc) is 2.95. The molecular weight excluding hydrogens is 548 g/mol. The number of carbonyl (C=O) groups is 3. The molecule has 0 fully saturated rings. The predicted octanol–water partition coefficient (Wildman–Crippen LogP) is 6.27. The Hall–Kier alpha value is -5.09. The van der Waals surface area contributed by atoms with Crippen molar-refractivity contribution in [1.82, 2.24) is 5.43 Å². The average molecular weight is 573 g/mol. The molecule has 0 unspecified atom stereocenters. The second kappa shape index (κ2) is 13.3. The fourth-order valence-corrected chi connectivity index (χ4v) is 4.21. The highest BCUT2D eigenvalue weighted by Crippen LogP contribution is 2.25. The number of hydrogen-bond donors (Lipinski definition) is 3. The number of nitrogens with zero attached hydrogens (tertiary/aromatic N) is 2. The molecule has 208 valence electrons. The van der Waals surface area contributed by atoms with Crippen LogP contribution in [0.2, 0.25) is 5.02 Å². The van der Waals surface area contributed by atoms with E-state index in [4.69, 9.17) is 11.6 Å². The molecule has 0 spiro atoms. The number of aromatic hydroxyl groups is 1. The molecule has 0 aliphatic rings. The first-order valence-electron chi connectivity index (χ1n) is 12.6. The fraction of sp³-hybridized carbons (Fsp3) is 0.133. The molecule has 10 nitrogen and oxygen atoms in total. The van der Waals surface area contributed by atoms with Crippen molar-refractivity contribution >= 4 is 57.1 Å².